The third-order valence-corrected chi connectivity index (χ3v) is 28.8. The lowest BCUT2D eigenvalue weighted by Crippen LogP contribution is -2.28. The Labute approximate surface area is 884 Å². The van der Waals surface area contributed by atoms with Gasteiger partial charge in [0.1, 0.15) is 110 Å². The molecule has 0 saturated heterocycles. The average Bonchev–Trinajstić information content (AvgIpc) is 0.806. The molecule has 0 aliphatic carbocycles. The first-order valence-electron chi connectivity index (χ1n) is 48.6. The molecule has 0 aromatic heterocycles. The van der Waals surface area contributed by atoms with Crippen molar-refractivity contribution in [2.75, 3.05) is 40.6 Å². The standard InChI is InChI=1S/C36H45O9S.C33H39O9S.C30H37O3S.C21H21O3S/c1-34(2,3)43-32(38)24-40-27-11-17-30(18-12-27)46(29-15-9-26(10-16-29)23-36(7,8)45-42-22-21-37)31-19-13-28(14-20-31)41-25-33(39)44-35(4,5)6;1-22(2)21-37-29(34)38-23-9-15-26(16-10-23)43(27-17-11-24(12-18-27)39-30(35)41-32(3,4)5)28-19-13-25(14-20-28)40-31(36)42-33(6,7)8;1-8-23(31)21-22-9-15-26(16-10-22)34(27-17-11-24(12-18-27)32-29(2,3)4)28-19-13-25(14-20-28)33-30(5,6)7;1-23-17-5-11-20(12-6-17)25(19-9-3-16(15-22)4-10-19)21-13-7-18(24-2)8-14-21/h9-21H,22-25H2,1-8H3;9-20,22H,21H2,1-8H3;9-20H,8,21H2,1-7H3;3-14,22H,15H2,1-2H3/q4*+1. The van der Waals surface area contributed by atoms with Crippen LogP contribution in [0.2, 0.25) is 0 Å². The minimum Gasteiger partial charge on any atom is -0.497 e. The Bertz CT molecular complexity index is 5840. The van der Waals surface area contributed by atoms with Crippen LogP contribution < -0.4 is 42.6 Å². The molecule has 0 spiro atoms. The fourth-order valence-electron chi connectivity index (χ4n) is 13.8. The van der Waals surface area contributed by atoms with Gasteiger partial charge in [-0.15, -0.1) is 0 Å². The molecule has 0 aliphatic rings. The molecule has 0 unspecified atom stereocenters. The summed E-state index contributed by atoms with van der Waals surface area (Å²) in [4.78, 5) is 107. The summed E-state index contributed by atoms with van der Waals surface area (Å²) in [6.45, 7) is 43.2. The summed E-state index contributed by atoms with van der Waals surface area (Å²) in [6.07, 6.45) is -0.0647. The maximum Gasteiger partial charge on any atom is 0.514 e. The van der Waals surface area contributed by atoms with Gasteiger partial charge >= 0.3 is 30.4 Å². The Morgan fingerprint density at radius 3 is 0.811 bits per heavy atom. The van der Waals surface area contributed by atoms with Crippen LogP contribution in [-0.2, 0) is 116 Å². The van der Waals surface area contributed by atoms with Crippen molar-refractivity contribution in [1.82, 2.24) is 0 Å². The fraction of sp³-hybridized carbons (Fsp3) is 0.342. The molecule has 12 aromatic rings. The normalized spacial score (nSPS) is 11.7. The van der Waals surface area contributed by atoms with E-state index in [0.29, 0.717) is 54.3 Å². The molecule has 24 nitrogen and oxygen atoms in total. The molecule has 12 aromatic carbocycles. The molecule has 0 amide bonds. The first-order valence-corrected chi connectivity index (χ1v) is 53.5. The van der Waals surface area contributed by atoms with Gasteiger partial charge in [0.05, 0.1) is 71.0 Å². The number of aliphatic hydroxyl groups is 1. The van der Waals surface area contributed by atoms with Gasteiger partial charge in [-0.3, -0.25) is 4.79 Å². The summed E-state index contributed by atoms with van der Waals surface area (Å²) in [5.74, 6) is 5.13. The Morgan fingerprint density at radius 1 is 0.311 bits per heavy atom. The summed E-state index contributed by atoms with van der Waals surface area (Å²) in [7, 11) is 1.67. The highest BCUT2D eigenvalue weighted by atomic mass is 32.2. The lowest BCUT2D eigenvalue weighted by Gasteiger charge is -2.23. The molecule has 0 radical (unpaired) electrons. The number of benzene rings is 12. The molecule has 0 heterocycles. The van der Waals surface area contributed by atoms with Gasteiger partial charge in [0.25, 0.3) is 0 Å². The molecular formula is C120H142O24S4+4. The molecular weight excluding hydrogens is 1950 g/mol. The number of Topliss-reactive ketones (excluding diaryl/α,β-unsaturated/α-hetero) is 1. The van der Waals surface area contributed by atoms with Crippen molar-refractivity contribution in [2.45, 2.75) is 283 Å². The first-order chi connectivity index (χ1) is 69.8. The Morgan fingerprint density at radius 2 is 0.561 bits per heavy atom. The van der Waals surface area contributed by atoms with E-state index in [9.17, 15) is 38.7 Å². The zero-order valence-electron chi connectivity index (χ0n) is 89.5. The van der Waals surface area contributed by atoms with Crippen LogP contribution >= 0.6 is 0 Å². The number of aldehydes is 1. The number of hydrogen-bond acceptors (Lipinski definition) is 24. The number of aliphatic hydroxyl groups excluding tert-OH is 1. The average molecular weight is 2100 g/mol. The molecule has 786 valence electrons. The number of ketones is 1. The summed E-state index contributed by atoms with van der Waals surface area (Å²) in [5, 5.41) is 9.29. The molecule has 148 heavy (non-hydrogen) atoms. The number of esters is 2. The number of carbonyl (C=O) groups excluding carboxylic acids is 7. The van der Waals surface area contributed by atoms with Crippen LogP contribution in [0.4, 0.5) is 14.4 Å². The van der Waals surface area contributed by atoms with Crippen LogP contribution in [0.5, 0.6) is 51.7 Å². The van der Waals surface area contributed by atoms with Crippen LogP contribution in [0.3, 0.4) is 0 Å². The smallest absolute Gasteiger partial charge is 0.497 e. The van der Waals surface area contributed by atoms with Crippen LogP contribution in [0.25, 0.3) is 0 Å². The second-order valence-electron chi connectivity index (χ2n) is 40.9. The van der Waals surface area contributed by atoms with E-state index in [1.54, 1.807) is 92.2 Å². The Balaban J connectivity index is 0.000000224. The largest absolute Gasteiger partial charge is 0.514 e. The van der Waals surface area contributed by atoms with Gasteiger partial charge in [0, 0.05) is 19.3 Å². The van der Waals surface area contributed by atoms with E-state index in [0.717, 1.165) is 69.1 Å². The summed E-state index contributed by atoms with van der Waals surface area (Å²) >= 11 is 0. The Hall–Kier alpha value is -13.2. The predicted octanol–water partition coefficient (Wildman–Crippen LogP) is 27.2. The van der Waals surface area contributed by atoms with Crippen molar-refractivity contribution >= 4 is 86.1 Å². The van der Waals surface area contributed by atoms with Gasteiger partial charge in [-0.25, -0.2) is 33.7 Å². The molecule has 0 fully saturated rings. The third kappa shape index (κ3) is 41.8. The highest BCUT2D eigenvalue weighted by Crippen LogP contribution is 2.41. The second kappa shape index (κ2) is 55.2. The maximum atomic E-state index is 12.1. The lowest BCUT2D eigenvalue weighted by atomic mass is 9.99. The van der Waals surface area contributed by atoms with Crippen molar-refractivity contribution in [3.8, 4) is 51.7 Å². The molecule has 0 aliphatic heterocycles. The van der Waals surface area contributed by atoms with Crippen LogP contribution in [-0.4, -0.2) is 127 Å². The van der Waals surface area contributed by atoms with E-state index in [-0.39, 0.29) is 77.7 Å². The van der Waals surface area contributed by atoms with Crippen LogP contribution in [0, 0.1) is 5.92 Å². The van der Waals surface area contributed by atoms with E-state index in [1.165, 1.54) is 29.4 Å². The SMILES string of the molecule is CC(C)(C)OC(=O)COc1ccc([S+](c2ccc(CC(C)(C)OOCC=O)cc2)c2ccc(OCC(=O)OC(C)(C)C)cc2)cc1.CC(C)COC(=O)Oc1ccc([S+](c2ccc(OC(=O)OC(C)(C)C)cc2)c2ccc(OC(=O)OC(C)(C)C)cc2)cc1.CCC(=O)Cc1ccc([S+](c2ccc(OC(C)(C)C)cc2)c2ccc(OC(C)(C)C)cc2)cc1.COc1ccc([S+](c2ccc(CO)cc2)c2ccc(OC)cc2)cc1. The number of rotatable bonds is 37. The maximum absolute atomic E-state index is 12.1. The molecule has 0 saturated carbocycles. The van der Waals surface area contributed by atoms with Crippen molar-refractivity contribution in [3.05, 3.63) is 308 Å². The first kappa shape index (κ1) is 118. The summed E-state index contributed by atoms with van der Waals surface area (Å²) < 4.78 is 76.2. The summed E-state index contributed by atoms with van der Waals surface area (Å²) in [5.41, 5.74) is -0.614. The van der Waals surface area contributed by atoms with Gasteiger partial charge in [-0.05, 0) is 416 Å². The number of ether oxygens (including phenoxy) is 14. The van der Waals surface area contributed by atoms with E-state index >= 15 is 0 Å². The van der Waals surface area contributed by atoms with Gasteiger partial charge in [-0.2, -0.15) is 0 Å². The molecule has 28 heteroatoms. The Kier molecular flexibility index (Phi) is 44.1. The van der Waals surface area contributed by atoms with Crippen molar-refractivity contribution in [3.63, 3.8) is 0 Å². The molecule has 12 rings (SSSR count). The quantitative estimate of drug-likeness (QED) is 0.00553. The number of hydrogen-bond donors (Lipinski definition) is 1. The van der Waals surface area contributed by atoms with Crippen LogP contribution in [0.15, 0.2) is 350 Å². The lowest BCUT2D eigenvalue weighted by molar-refractivity contribution is -0.345. The van der Waals surface area contributed by atoms with Crippen molar-refractivity contribution < 1.29 is 115 Å². The minimum absolute atomic E-state index is 0.0547. The van der Waals surface area contributed by atoms with Gasteiger partial charge < -0.3 is 76.2 Å². The van der Waals surface area contributed by atoms with Gasteiger partial charge in [-0.1, -0.05) is 57.2 Å². The minimum atomic E-state index is -0.790. The van der Waals surface area contributed by atoms with Gasteiger partial charge in [0.2, 0.25) is 0 Å². The monoisotopic (exact) mass is 2090 g/mol. The van der Waals surface area contributed by atoms with Gasteiger partial charge in [0.15, 0.2) is 72.0 Å². The van der Waals surface area contributed by atoms with E-state index in [2.05, 4.69) is 151 Å². The van der Waals surface area contributed by atoms with E-state index in [4.69, 9.17) is 76.1 Å². The van der Waals surface area contributed by atoms with Crippen LogP contribution in [0.1, 0.15) is 182 Å². The van der Waals surface area contributed by atoms with E-state index in [1.807, 2.05) is 222 Å². The highest BCUT2D eigenvalue weighted by Gasteiger charge is 2.36. The van der Waals surface area contributed by atoms with E-state index < -0.39 is 80.2 Å². The zero-order valence-corrected chi connectivity index (χ0v) is 92.8. The van der Waals surface area contributed by atoms with Crippen molar-refractivity contribution in [1.29, 1.82) is 0 Å². The fourth-order valence-corrected chi connectivity index (χ4v) is 21.9. The zero-order chi connectivity index (χ0) is 108. The third-order valence-electron chi connectivity index (χ3n) is 19.8. The topological polar surface area (TPSA) is 287 Å². The predicted molar refractivity (Wildman–Crippen MR) is 579 cm³/mol. The second-order valence-corrected chi connectivity index (χ2v) is 49.0. The van der Waals surface area contributed by atoms with Crippen molar-refractivity contribution in [2.24, 2.45) is 5.92 Å². The molecule has 0 bridgehead atoms. The highest BCUT2D eigenvalue weighted by molar-refractivity contribution is 7.98. The molecule has 1 N–H and O–H groups in total. The summed E-state index contributed by atoms with van der Waals surface area (Å²) in [6, 6.07) is 94.7. The number of methoxy groups -OCH3 is 2. The number of carbonyl (C=O) groups is 7. The molecule has 0 atom stereocenters.